The van der Waals surface area contributed by atoms with Gasteiger partial charge in [0.15, 0.2) is 5.76 Å². The summed E-state index contributed by atoms with van der Waals surface area (Å²) in [6.45, 7) is 0.759. The van der Waals surface area contributed by atoms with Crippen molar-refractivity contribution in [3.05, 3.63) is 11.8 Å². The molecule has 2 atom stereocenters. The van der Waals surface area contributed by atoms with Crippen LogP contribution in [0.25, 0.3) is 0 Å². The second-order valence-corrected chi connectivity index (χ2v) is 7.43. The zero-order chi connectivity index (χ0) is 16.8. The second-order valence-electron chi connectivity index (χ2n) is 7.43. The van der Waals surface area contributed by atoms with E-state index in [0.717, 1.165) is 32.1 Å². The molecule has 0 aromatic heterocycles. The maximum Gasteiger partial charge on any atom is 0.286 e. The Morgan fingerprint density at radius 3 is 2.67 bits per heavy atom. The summed E-state index contributed by atoms with van der Waals surface area (Å²) in [4.78, 5) is 12.5. The Bertz CT molecular complexity index is 441. The van der Waals surface area contributed by atoms with Crippen LogP contribution in [0, 0.1) is 11.8 Å². The van der Waals surface area contributed by atoms with E-state index in [9.17, 15) is 4.79 Å². The molecule has 24 heavy (non-hydrogen) atoms. The van der Waals surface area contributed by atoms with Gasteiger partial charge in [-0.3, -0.25) is 4.79 Å². The van der Waals surface area contributed by atoms with Gasteiger partial charge < -0.3 is 19.9 Å². The molecule has 0 radical (unpaired) electrons. The van der Waals surface area contributed by atoms with E-state index in [4.69, 9.17) is 14.6 Å². The minimum Gasteiger partial charge on any atom is -0.459 e. The number of aliphatic hydroxyl groups excluding tert-OH is 1. The molecule has 0 aromatic rings. The van der Waals surface area contributed by atoms with E-state index < -0.39 is 0 Å². The predicted octanol–water partition coefficient (Wildman–Crippen LogP) is 2.88. The van der Waals surface area contributed by atoms with Crippen LogP contribution in [0.1, 0.15) is 64.2 Å². The van der Waals surface area contributed by atoms with Gasteiger partial charge in [0.25, 0.3) is 5.91 Å². The van der Waals surface area contributed by atoms with Gasteiger partial charge in [0.05, 0.1) is 6.61 Å². The first kappa shape index (κ1) is 17.7. The first-order chi connectivity index (χ1) is 11.8. The van der Waals surface area contributed by atoms with Crippen LogP contribution in [-0.4, -0.2) is 36.6 Å². The number of allylic oxidation sites excluding steroid dienone is 1. The normalized spacial score (nSPS) is 28.1. The molecule has 2 aliphatic carbocycles. The number of unbranched alkanes of at least 4 members (excludes halogenated alkanes) is 1. The van der Waals surface area contributed by atoms with Crippen LogP contribution in [0.15, 0.2) is 11.8 Å². The molecule has 2 saturated carbocycles. The van der Waals surface area contributed by atoms with E-state index in [2.05, 4.69) is 11.4 Å². The number of rotatable bonds is 8. The molecule has 5 nitrogen and oxygen atoms in total. The van der Waals surface area contributed by atoms with E-state index in [-0.39, 0.29) is 18.8 Å². The standard InChI is InChI=1S/C19H31NO4/c21-10-3-4-11-23-18-13-15(14-6-1-2-7-14)12-17(24-18)19(22)20-16-8-5-9-16/h12,14-16,18,21H,1-11,13H2,(H,20,22)/t15-,18+/m0/s1. The molecule has 2 N–H and O–H groups in total. The minimum absolute atomic E-state index is 0.0774. The molecule has 136 valence electrons. The molecule has 0 unspecified atom stereocenters. The smallest absolute Gasteiger partial charge is 0.286 e. The zero-order valence-corrected chi connectivity index (χ0v) is 14.5. The molecular weight excluding hydrogens is 306 g/mol. The van der Waals surface area contributed by atoms with Gasteiger partial charge >= 0.3 is 0 Å². The quantitative estimate of drug-likeness (QED) is 0.668. The van der Waals surface area contributed by atoms with Crippen LogP contribution in [-0.2, 0) is 14.3 Å². The fraction of sp³-hybridized carbons (Fsp3) is 0.842. The molecule has 5 heteroatoms. The van der Waals surface area contributed by atoms with Crippen LogP contribution in [0.3, 0.4) is 0 Å². The number of hydrogen-bond donors (Lipinski definition) is 2. The zero-order valence-electron chi connectivity index (χ0n) is 14.5. The van der Waals surface area contributed by atoms with Crippen molar-refractivity contribution < 1.29 is 19.4 Å². The number of hydrogen-bond acceptors (Lipinski definition) is 4. The molecule has 3 aliphatic rings. The van der Waals surface area contributed by atoms with E-state index in [0.29, 0.717) is 30.2 Å². The number of carbonyl (C=O) groups is 1. The number of aliphatic hydroxyl groups is 1. The molecule has 0 aromatic carbocycles. The third-order valence-corrected chi connectivity index (χ3v) is 5.61. The number of nitrogens with one attached hydrogen (secondary N) is 1. The fourth-order valence-electron chi connectivity index (χ4n) is 3.90. The lowest BCUT2D eigenvalue weighted by molar-refractivity contribution is -0.151. The average molecular weight is 337 g/mol. The van der Waals surface area contributed by atoms with E-state index >= 15 is 0 Å². The van der Waals surface area contributed by atoms with Gasteiger partial charge in [-0.05, 0) is 62.9 Å². The van der Waals surface area contributed by atoms with Crippen LogP contribution in [0.5, 0.6) is 0 Å². The number of ether oxygens (including phenoxy) is 2. The van der Waals surface area contributed by atoms with Gasteiger partial charge in [-0.2, -0.15) is 0 Å². The van der Waals surface area contributed by atoms with Gasteiger partial charge in [0.1, 0.15) is 0 Å². The highest BCUT2D eigenvalue weighted by molar-refractivity contribution is 5.91. The molecule has 0 saturated heterocycles. The van der Waals surface area contributed by atoms with Gasteiger partial charge in [0.2, 0.25) is 6.29 Å². The second kappa shape index (κ2) is 8.86. The summed E-state index contributed by atoms with van der Waals surface area (Å²) in [6.07, 6.45) is 12.5. The topological polar surface area (TPSA) is 67.8 Å². The summed E-state index contributed by atoms with van der Waals surface area (Å²) in [6, 6.07) is 0.317. The SMILES string of the molecule is O=C(NC1CCC1)C1=C[C@H](C2CCCC2)C[C@H](OCCCCO)O1. The Hall–Kier alpha value is -1.07. The third-order valence-electron chi connectivity index (χ3n) is 5.61. The molecule has 0 spiro atoms. The van der Waals surface area contributed by atoms with Gasteiger partial charge in [0, 0.05) is 19.1 Å². The lowest BCUT2D eigenvalue weighted by Crippen LogP contribution is -2.42. The maximum absolute atomic E-state index is 12.5. The number of carbonyl (C=O) groups excluding carboxylic acids is 1. The van der Waals surface area contributed by atoms with Crippen molar-refractivity contribution in [2.24, 2.45) is 11.8 Å². The summed E-state index contributed by atoms with van der Waals surface area (Å²) < 4.78 is 11.7. The predicted molar refractivity (Wildman–Crippen MR) is 91.1 cm³/mol. The average Bonchev–Trinajstić information content (AvgIpc) is 3.09. The molecule has 0 bridgehead atoms. The minimum atomic E-state index is -0.332. The van der Waals surface area contributed by atoms with Crippen molar-refractivity contribution in [2.45, 2.75) is 76.5 Å². The van der Waals surface area contributed by atoms with Crippen molar-refractivity contribution >= 4 is 5.91 Å². The summed E-state index contributed by atoms with van der Waals surface area (Å²) in [7, 11) is 0. The van der Waals surface area contributed by atoms with Gasteiger partial charge in [-0.1, -0.05) is 12.8 Å². The third kappa shape index (κ3) is 4.73. The van der Waals surface area contributed by atoms with Crippen LogP contribution >= 0.6 is 0 Å². The van der Waals surface area contributed by atoms with E-state index in [1.54, 1.807) is 0 Å². The van der Waals surface area contributed by atoms with Crippen LogP contribution in [0.2, 0.25) is 0 Å². The van der Waals surface area contributed by atoms with E-state index in [1.807, 2.05) is 0 Å². The Morgan fingerprint density at radius 1 is 1.21 bits per heavy atom. The summed E-state index contributed by atoms with van der Waals surface area (Å²) in [5.41, 5.74) is 0. The lowest BCUT2D eigenvalue weighted by atomic mass is 9.86. The molecule has 1 aliphatic heterocycles. The van der Waals surface area contributed by atoms with E-state index in [1.165, 1.54) is 32.1 Å². The van der Waals surface area contributed by atoms with Crippen molar-refractivity contribution in [1.82, 2.24) is 5.32 Å². The number of amides is 1. The maximum atomic E-state index is 12.5. The van der Waals surface area contributed by atoms with Crippen molar-refractivity contribution in [3.8, 4) is 0 Å². The van der Waals surface area contributed by atoms with Crippen LogP contribution < -0.4 is 5.32 Å². The molecule has 2 fully saturated rings. The van der Waals surface area contributed by atoms with Crippen molar-refractivity contribution in [2.75, 3.05) is 13.2 Å². The molecular formula is C19H31NO4. The molecule has 3 rings (SSSR count). The van der Waals surface area contributed by atoms with Crippen molar-refractivity contribution in [1.29, 1.82) is 0 Å². The Morgan fingerprint density at radius 2 is 2.00 bits per heavy atom. The largest absolute Gasteiger partial charge is 0.459 e. The highest BCUT2D eigenvalue weighted by Gasteiger charge is 2.34. The molecule has 1 amide bonds. The van der Waals surface area contributed by atoms with Gasteiger partial charge in [-0.25, -0.2) is 0 Å². The summed E-state index contributed by atoms with van der Waals surface area (Å²) in [5.74, 6) is 1.42. The Balaban J connectivity index is 1.58. The molecule has 1 heterocycles. The monoisotopic (exact) mass is 337 g/mol. The highest BCUT2D eigenvalue weighted by atomic mass is 16.7. The Labute approximate surface area is 144 Å². The summed E-state index contributed by atoms with van der Waals surface area (Å²) in [5, 5.41) is 11.9. The Kier molecular flexibility index (Phi) is 6.55. The first-order valence-corrected chi connectivity index (χ1v) is 9.68. The van der Waals surface area contributed by atoms with Gasteiger partial charge in [-0.15, -0.1) is 0 Å². The first-order valence-electron chi connectivity index (χ1n) is 9.68. The van der Waals surface area contributed by atoms with Crippen molar-refractivity contribution in [3.63, 3.8) is 0 Å². The fourth-order valence-corrected chi connectivity index (χ4v) is 3.90. The van der Waals surface area contributed by atoms with Crippen LogP contribution in [0.4, 0.5) is 0 Å². The lowest BCUT2D eigenvalue weighted by Gasteiger charge is -2.33. The summed E-state index contributed by atoms with van der Waals surface area (Å²) >= 11 is 0. The highest BCUT2D eigenvalue weighted by Crippen LogP contribution is 2.38.